The minimum atomic E-state index is -1.42. The van der Waals surface area contributed by atoms with Crippen LogP contribution < -0.4 is 0 Å². The highest BCUT2D eigenvalue weighted by molar-refractivity contribution is 5.75. The van der Waals surface area contributed by atoms with Crippen LogP contribution in [-0.4, -0.2) is 70.1 Å². The molecule has 0 aromatic rings. The Morgan fingerprint density at radius 3 is 2.42 bits per heavy atom. The molecule has 0 bridgehead atoms. The van der Waals surface area contributed by atoms with Gasteiger partial charge in [0, 0.05) is 13.0 Å². The summed E-state index contributed by atoms with van der Waals surface area (Å²) in [5, 5.41) is 37.7. The largest absolute Gasteiger partial charge is 0.394 e. The predicted octanol–water partition coefficient (Wildman–Crippen LogP) is -1.44. The van der Waals surface area contributed by atoms with Crippen LogP contribution in [0, 0.1) is 0 Å². The van der Waals surface area contributed by atoms with Crippen LogP contribution in [0.4, 0.5) is 0 Å². The summed E-state index contributed by atoms with van der Waals surface area (Å²) in [4.78, 5) is 10.7. The summed E-state index contributed by atoms with van der Waals surface area (Å²) in [6, 6.07) is 0. The van der Waals surface area contributed by atoms with Crippen LogP contribution in [0.25, 0.3) is 0 Å². The maximum absolute atomic E-state index is 10.7. The highest BCUT2D eigenvalue weighted by Crippen LogP contribution is 2.22. The number of ether oxygens (including phenoxy) is 2. The summed E-state index contributed by atoms with van der Waals surface area (Å²) in [5.41, 5.74) is 0. The lowest BCUT2D eigenvalue weighted by Crippen LogP contribution is -2.59. The lowest BCUT2D eigenvalue weighted by atomic mass is 9.99. The summed E-state index contributed by atoms with van der Waals surface area (Å²) in [6.45, 7) is 1.30. The van der Waals surface area contributed by atoms with Gasteiger partial charge in [0.15, 0.2) is 6.29 Å². The smallest absolute Gasteiger partial charge is 0.186 e. The number of unbranched alkanes of at least 4 members (excludes halogenated alkanes) is 1. The van der Waals surface area contributed by atoms with Crippen molar-refractivity contribution in [2.45, 2.75) is 56.9 Å². The third-order valence-corrected chi connectivity index (χ3v) is 3.05. The number of carbonyl (C=O) groups is 1. The molecule has 0 spiro atoms. The molecule has 19 heavy (non-hydrogen) atoms. The Morgan fingerprint density at radius 2 is 1.84 bits per heavy atom. The zero-order chi connectivity index (χ0) is 14.4. The number of ketones is 1. The Morgan fingerprint density at radius 1 is 1.16 bits per heavy atom. The van der Waals surface area contributed by atoms with Crippen molar-refractivity contribution < 1.29 is 34.7 Å². The van der Waals surface area contributed by atoms with Gasteiger partial charge in [0.25, 0.3) is 0 Å². The normalized spacial score (nSPS) is 35.3. The van der Waals surface area contributed by atoms with Crippen LogP contribution in [0.15, 0.2) is 0 Å². The van der Waals surface area contributed by atoms with Crippen molar-refractivity contribution in [2.75, 3.05) is 13.2 Å². The quantitative estimate of drug-likeness (QED) is 0.421. The van der Waals surface area contributed by atoms with Crippen LogP contribution in [0.5, 0.6) is 0 Å². The van der Waals surface area contributed by atoms with Crippen molar-refractivity contribution in [3.05, 3.63) is 0 Å². The third kappa shape index (κ3) is 4.79. The number of hydrogen-bond donors (Lipinski definition) is 4. The summed E-state index contributed by atoms with van der Waals surface area (Å²) in [6.07, 6.45) is -4.45. The molecule has 0 aliphatic carbocycles. The molecule has 0 aromatic carbocycles. The van der Waals surface area contributed by atoms with E-state index in [2.05, 4.69) is 0 Å². The molecular weight excluding hydrogens is 256 g/mol. The number of aliphatic hydroxyl groups is 4. The maximum atomic E-state index is 10.7. The highest BCUT2D eigenvalue weighted by Gasteiger charge is 2.43. The fourth-order valence-electron chi connectivity index (χ4n) is 1.88. The van der Waals surface area contributed by atoms with Crippen molar-refractivity contribution in [3.8, 4) is 0 Å². The molecule has 1 heterocycles. The van der Waals surface area contributed by atoms with E-state index in [1.54, 1.807) is 0 Å². The summed E-state index contributed by atoms with van der Waals surface area (Å²) in [7, 11) is 0. The molecule has 1 rings (SSSR count). The van der Waals surface area contributed by atoms with E-state index in [0.717, 1.165) is 0 Å². The molecule has 0 aromatic heterocycles. The summed E-state index contributed by atoms with van der Waals surface area (Å²) < 4.78 is 10.4. The van der Waals surface area contributed by atoms with Crippen molar-refractivity contribution in [1.29, 1.82) is 0 Å². The lowest BCUT2D eigenvalue weighted by molar-refractivity contribution is -0.301. The van der Waals surface area contributed by atoms with E-state index in [0.29, 0.717) is 19.3 Å². The molecule has 3 unspecified atom stereocenters. The fraction of sp³-hybridized carbons (Fsp3) is 0.917. The molecule has 1 aliphatic rings. The Labute approximate surface area is 111 Å². The van der Waals surface area contributed by atoms with Crippen LogP contribution in [0.2, 0.25) is 0 Å². The first-order chi connectivity index (χ1) is 8.97. The van der Waals surface area contributed by atoms with E-state index in [4.69, 9.17) is 14.6 Å². The van der Waals surface area contributed by atoms with Crippen molar-refractivity contribution in [3.63, 3.8) is 0 Å². The molecule has 5 atom stereocenters. The van der Waals surface area contributed by atoms with Crippen LogP contribution in [0.3, 0.4) is 0 Å². The molecule has 0 amide bonds. The summed E-state index contributed by atoms with van der Waals surface area (Å²) >= 11 is 0. The predicted molar refractivity (Wildman–Crippen MR) is 64.3 cm³/mol. The van der Waals surface area contributed by atoms with Gasteiger partial charge in [0.2, 0.25) is 0 Å². The van der Waals surface area contributed by atoms with Gasteiger partial charge in [-0.3, -0.25) is 0 Å². The molecule has 7 nitrogen and oxygen atoms in total. The molecule has 0 saturated carbocycles. The van der Waals surface area contributed by atoms with Gasteiger partial charge >= 0.3 is 0 Å². The zero-order valence-electron chi connectivity index (χ0n) is 10.9. The minimum absolute atomic E-state index is 0.104. The molecule has 1 saturated heterocycles. The highest BCUT2D eigenvalue weighted by atomic mass is 16.7. The van der Waals surface area contributed by atoms with Gasteiger partial charge in [0.1, 0.15) is 30.2 Å². The first-order valence-corrected chi connectivity index (χ1v) is 6.39. The van der Waals surface area contributed by atoms with Gasteiger partial charge in [0.05, 0.1) is 6.61 Å². The van der Waals surface area contributed by atoms with Crippen molar-refractivity contribution >= 4 is 5.78 Å². The third-order valence-electron chi connectivity index (χ3n) is 3.05. The molecule has 0 radical (unpaired) electrons. The second kappa shape index (κ2) is 7.88. The fourth-order valence-corrected chi connectivity index (χ4v) is 1.88. The lowest BCUT2D eigenvalue weighted by Gasteiger charge is -2.39. The zero-order valence-corrected chi connectivity index (χ0v) is 10.9. The van der Waals surface area contributed by atoms with E-state index < -0.39 is 37.3 Å². The molecule has 4 N–H and O–H groups in total. The Balaban J connectivity index is 2.33. The van der Waals surface area contributed by atoms with Crippen LogP contribution in [0.1, 0.15) is 26.2 Å². The van der Waals surface area contributed by atoms with E-state index in [-0.39, 0.29) is 12.4 Å². The van der Waals surface area contributed by atoms with Gasteiger partial charge in [-0.25, -0.2) is 0 Å². The van der Waals surface area contributed by atoms with E-state index in [1.165, 1.54) is 6.92 Å². The maximum Gasteiger partial charge on any atom is 0.186 e. The van der Waals surface area contributed by atoms with Gasteiger partial charge < -0.3 is 34.7 Å². The number of Topliss-reactive ketones (excluding diaryl/α,β-unsaturated/α-hetero) is 1. The molecule has 1 fully saturated rings. The monoisotopic (exact) mass is 278 g/mol. The standard InChI is InChI=1S/C12H22O7/c1-7(14)4-2-3-5-18-12-11(17)10(16)9(15)8(6-13)19-12/h8-13,15-17H,2-6H2,1H3/t8?,9-,10?,11?,12+/m1/s1. The Hall–Kier alpha value is -0.570. The average Bonchev–Trinajstić information content (AvgIpc) is 2.37. The van der Waals surface area contributed by atoms with Gasteiger partial charge in [-0.15, -0.1) is 0 Å². The first-order valence-electron chi connectivity index (χ1n) is 6.39. The average molecular weight is 278 g/mol. The van der Waals surface area contributed by atoms with Crippen LogP contribution >= 0.6 is 0 Å². The number of aliphatic hydroxyl groups excluding tert-OH is 4. The molecule has 7 heteroatoms. The Bertz CT molecular complexity index is 281. The second-order valence-corrected chi connectivity index (χ2v) is 4.73. The minimum Gasteiger partial charge on any atom is -0.394 e. The van der Waals surface area contributed by atoms with E-state index in [1.807, 2.05) is 0 Å². The SMILES string of the molecule is CC(=O)CCCCO[C@H]1OC(CO)[C@@H](O)C(O)C1O. The summed E-state index contributed by atoms with van der Waals surface area (Å²) in [5.74, 6) is 0.104. The van der Waals surface area contributed by atoms with E-state index >= 15 is 0 Å². The molecule has 112 valence electrons. The Kier molecular flexibility index (Phi) is 6.84. The van der Waals surface area contributed by atoms with Gasteiger partial charge in [-0.2, -0.15) is 0 Å². The van der Waals surface area contributed by atoms with E-state index in [9.17, 15) is 20.1 Å². The second-order valence-electron chi connectivity index (χ2n) is 4.73. The number of hydrogen-bond acceptors (Lipinski definition) is 7. The molecule has 1 aliphatic heterocycles. The van der Waals surface area contributed by atoms with Gasteiger partial charge in [-0.05, 0) is 19.8 Å². The first kappa shape index (κ1) is 16.5. The topological polar surface area (TPSA) is 116 Å². The van der Waals surface area contributed by atoms with Crippen molar-refractivity contribution in [2.24, 2.45) is 0 Å². The number of carbonyl (C=O) groups excluding carboxylic acids is 1. The van der Waals surface area contributed by atoms with Crippen molar-refractivity contribution in [1.82, 2.24) is 0 Å². The molecular formula is C12H22O7. The number of rotatable bonds is 7. The van der Waals surface area contributed by atoms with Gasteiger partial charge in [-0.1, -0.05) is 0 Å². The van der Waals surface area contributed by atoms with Crippen LogP contribution in [-0.2, 0) is 14.3 Å².